The number of hydrogen-bond donors (Lipinski definition) is 0. The van der Waals surface area contributed by atoms with Crippen LogP contribution in [0.1, 0.15) is 26.7 Å². The van der Waals surface area contributed by atoms with Crippen molar-refractivity contribution >= 4 is 10.1 Å². The van der Waals surface area contributed by atoms with E-state index in [1.807, 2.05) is 6.92 Å². The van der Waals surface area contributed by atoms with E-state index in [4.69, 9.17) is 4.74 Å². The Kier molecular flexibility index (Phi) is 9.32. The van der Waals surface area contributed by atoms with Crippen molar-refractivity contribution in [2.24, 2.45) is 0 Å². The smallest absolute Gasteiger partial charge is 0.746 e. The van der Waals surface area contributed by atoms with E-state index < -0.39 is 15.6 Å². The SMILES string of the molecule is CCCCOC(C)S(=O)(=O)[O-].[Na+]. The Hall–Kier alpha value is 0.870. The molecule has 0 saturated heterocycles. The minimum Gasteiger partial charge on any atom is -0.746 e. The Morgan fingerprint density at radius 1 is 1.50 bits per heavy atom. The molecule has 0 aromatic heterocycles. The zero-order valence-corrected chi connectivity index (χ0v) is 10.6. The summed E-state index contributed by atoms with van der Waals surface area (Å²) in [7, 11) is -4.26. The Balaban J connectivity index is 0. The van der Waals surface area contributed by atoms with Crippen molar-refractivity contribution < 1.29 is 47.3 Å². The van der Waals surface area contributed by atoms with Gasteiger partial charge in [0.05, 0.1) is 0 Å². The molecular formula is C6H13NaO4S. The summed E-state index contributed by atoms with van der Waals surface area (Å²) in [4.78, 5) is 0. The largest absolute Gasteiger partial charge is 1.00 e. The van der Waals surface area contributed by atoms with Crippen molar-refractivity contribution in [3.8, 4) is 0 Å². The molecule has 0 spiro atoms. The van der Waals surface area contributed by atoms with Crippen LogP contribution in [-0.4, -0.2) is 25.0 Å². The van der Waals surface area contributed by atoms with Gasteiger partial charge in [-0.1, -0.05) is 13.3 Å². The van der Waals surface area contributed by atoms with Crippen LogP contribution >= 0.6 is 0 Å². The molecule has 0 aromatic carbocycles. The Bertz CT molecular complexity index is 190. The number of ether oxygens (including phenoxy) is 1. The third-order valence-electron chi connectivity index (χ3n) is 1.26. The minimum absolute atomic E-state index is 0. The molecule has 0 bridgehead atoms. The van der Waals surface area contributed by atoms with E-state index in [0.29, 0.717) is 6.61 Å². The van der Waals surface area contributed by atoms with Crippen LogP contribution in [0.2, 0.25) is 0 Å². The van der Waals surface area contributed by atoms with E-state index in [1.165, 1.54) is 6.92 Å². The predicted octanol–water partition coefficient (Wildman–Crippen LogP) is -2.30. The third-order valence-corrected chi connectivity index (χ3v) is 2.21. The maximum absolute atomic E-state index is 10.2. The van der Waals surface area contributed by atoms with Gasteiger partial charge in [0.15, 0.2) is 0 Å². The third kappa shape index (κ3) is 7.52. The number of rotatable bonds is 5. The van der Waals surface area contributed by atoms with Crippen molar-refractivity contribution in [2.45, 2.75) is 32.1 Å². The quantitative estimate of drug-likeness (QED) is 0.287. The Labute approximate surface area is 95.7 Å². The number of hydrogen-bond acceptors (Lipinski definition) is 4. The van der Waals surface area contributed by atoms with E-state index in [-0.39, 0.29) is 29.6 Å². The van der Waals surface area contributed by atoms with E-state index in [0.717, 1.165) is 12.8 Å². The van der Waals surface area contributed by atoms with Crippen LogP contribution in [0.15, 0.2) is 0 Å². The molecule has 0 heterocycles. The summed E-state index contributed by atoms with van der Waals surface area (Å²) in [6, 6.07) is 0. The summed E-state index contributed by atoms with van der Waals surface area (Å²) in [6.07, 6.45) is 1.70. The molecular weight excluding hydrogens is 191 g/mol. The first-order valence-electron chi connectivity index (χ1n) is 3.54. The van der Waals surface area contributed by atoms with Crippen molar-refractivity contribution in [1.29, 1.82) is 0 Å². The van der Waals surface area contributed by atoms with Crippen LogP contribution in [0.5, 0.6) is 0 Å². The summed E-state index contributed by atoms with van der Waals surface area (Å²) < 4.78 is 35.5. The van der Waals surface area contributed by atoms with Crippen LogP contribution in [-0.2, 0) is 14.9 Å². The van der Waals surface area contributed by atoms with E-state index in [9.17, 15) is 13.0 Å². The standard InChI is InChI=1S/C6H14O4S.Na/c1-3-4-5-10-6(2)11(7,8)9;/h6H,3-5H2,1-2H3,(H,7,8,9);/q;+1/p-1. The average Bonchev–Trinajstić information content (AvgIpc) is 1.86. The summed E-state index contributed by atoms with van der Waals surface area (Å²) in [5.74, 6) is 0. The molecule has 1 unspecified atom stereocenters. The molecule has 0 saturated carbocycles. The summed E-state index contributed by atoms with van der Waals surface area (Å²) in [5.41, 5.74) is -1.21. The molecule has 6 heteroatoms. The fourth-order valence-corrected chi connectivity index (χ4v) is 0.740. The first-order chi connectivity index (χ1) is 4.98. The molecule has 4 nitrogen and oxygen atoms in total. The predicted molar refractivity (Wildman–Crippen MR) is 40.0 cm³/mol. The van der Waals surface area contributed by atoms with Crippen LogP contribution in [0.3, 0.4) is 0 Å². The zero-order valence-electron chi connectivity index (χ0n) is 7.74. The molecule has 0 rings (SSSR count). The van der Waals surface area contributed by atoms with Crippen molar-refractivity contribution in [2.75, 3.05) is 6.61 Å². The van der Waals surface area contributed by atoms with Crippen molar-refractivity contribution in [3.05, 3.63) is 0 Å². The van der Waals surface area contributed by atoms with Gasteiger partial charge in [0.2, 0.25) is 0 Å². The molecule has 0 radical (unpaired) electrons. The van der Waals surface area contributed by atoms with Gasteiger partial charge in [0.1, 0.15) is 15.6 Å². The monoisotopic (exact) mass is 204 g/mol. The van der Waals surface area contributed by atoms with Gasteiger partial charge in [-0.05, 0) is 13.3 Å². The van der Waals surface area contributed by atoms with E-state index in [2.05, 4.69) is 0 Å². The van der Waals surface area contributed by atoms with Gasteiger partial charge < -0.3 is 9.29 Å². The second-order valence-electron chi connectivity index (χ2n) is 2.28. The molecule has 0 amide bonds. The molecule has 0 aliphatic rings. The van der Waals surface area contributed by atoms with Gasteiger partial charge in [-0.3, -0.25) is 0 Å². The molecule has 0 aliphatic carbocycles. The van der Waals surface area contributed by atoms with Gasteiger partial charge in [-0.15, -0.1) is 0 Å². The first-order valence-corrected chi connectivity index (χ1v) is 5.02. The second-order valence-corrected chi connectivity index (χ2v) is 3.93. The fraction of sp³-hybridized carbons (Fsp3) is 1.00. The molecule has 0 aliphatic heterocycles. The van der Waals surface area contributed by atoms with Crippen LogP contribution < -0.4 is 29.6 Å². The van der Waals surface area contributed by atoms with Gasteiger partial charge in [0, 0.05) is 6.61 Å². The molecule has 0 N–H and O–H groups in total. The van der Waals surface area contributed by atoms with Crippen molar-refractivity contribution in [3.63, 3.8) is 0 Å². The normalized spacial score (nSPS) is 13.6. The molecule has 0 aromatic rings. The van der Waals surface area contributed by atoms with Crippen LogP contribution in [0.4, 0.5) is 0 Å². The second kappa shape index (κ2) is 7.29. The maximum Gasteiger partial charge on any atom is 1.00 e. The van der Waals surface area contributed by atoms with E-state index >= 15 is 0 Å². The molecule has 68 valence electrons. The van der Waals surface area contributed by atoms with Crippen molar-refractivity contribution in [1.82, 2.24) is 0 Å². The van der Waals surface area contributed by atoms with Gasteiger partial charge >= 0.3 is 29.6 Å². The first kappa shape index (κ1) is 15.3. The minimum atomic E-state index is -4.26. The van der Waals surface area contributed by atoms with Gasteiger partial charge in [-0.25, -0.2) is 8.42 Å². The fourth-order valence-electron chi connectivity index (χ4n) is 0.477. The molecule has 12 heavy (non-hydrogen) atoms. The summed E-state index contributed by atoms with van der Waals surface area (Å²) in [6.45, 7) is 3.54. The summed E-state index contributed by atoms with van der Waals surface area (Å²) in [5, 5.41) is 0. The maximum atomic E-state index is 10.2. The van der Waals surface area contributed by atoms with Gasteiger partial charge in [-0.2, -0.15) is 0 Å². The summed E-state index contributed by atoms with van der Waals surface area (Å²) >= 11 is 0. The van der Waals surface area contributed by atoms with Crippen LogP contribution in [0, 0.1) is 0 Å². The Morgan fingerprint density at radius 2 is 2.00 bits per heavy atom. The topological polar surface area (TPSA) is 66.4 Å². The number of unbranched alkanes of at least 4 members (excludes halogenated alkanes) is 1. The zero-order chi connectivity index (χ0) is 8.91. The molecule has 0 fully saturated rings. The van der Waals surface area contributed by atoms with Crippen LogP contribution in [0.25, 0.3) is 0 Å². The van der Waals surface area contributed by atoms with E-state index in [1.54, 1.807) is 0 Å². The van der Waals surface area contributed by atoms with Gasteiger partial charge in [0.25, 0.3) is 0 Å². The average molecular weight is 204 g/mol. The Morgan fingerprint density at radius 3 is 2.33 bits per heavy atom. The molecule has 1 atom stereocenters.